The van der Waals surface area contributed by atoms with Crippen molar-refractivity contribution in [3.05, 3.63) is 59.3 Å². The van der Waals surface area contributed by atoms with Crippen molar-refractivity contribution in [2.45, 2.75) is 46.5 Å². The van der Waals surface area contributed by atoms with E-state index in [2.05, 4.69) is 85.3 Å². The molecule has 33 heavy (non-hydrogen) atoms. The second-order valence-corrected chi connectivity index (χ2v) is 10.3. The number of rotatable bonds is 7. The highest BCUT2D eigenvalue weighted by Crippen LogP contribution is 2.38. The second-order valence-electron chi connectivity index (χ2n) is 10.3. The van der Waals surface area contributed by atoms with Crippen LogP contribution in [0, 0.1) is 11.3 Å². The number of aliphatic carboxylic acids is 1. The lowest BCUT2D eigenvalue weighted by Gasteiger charge is -2.15. The van der Waals surface area contributed by atoms with Gasteiger partial charge in [-0.15, -0.1) is 0 Å². The standard InChI is InChI=1S/C28H35N3O2/c1-28(2,3)12-9-21-16-23(17-22-11-15-31(4)26(21)22)29-14-10-25-24(27(32)33)18-20(19-7-8-19)6-5-13-30-25/h6,9,11-12,15-19,29H,5,7-8,10,13-14H2,1-4H3,(H,32,33)/b12-9+,20-6+,24-18+,30-25?. The highest BCUT2D eigenvalue weighted by molar-refractivity contribution is 6.19. The van der Waals surface area contributed by atoms with Gasteiger partial charge in [-0.1, -0.05) is 39.0 Å². The summed E-state index contributed by atoms with van der Waals surface area (Å²) in [5.74, 6) is -0.350. The summed E-state index contributed by atoms with van der Waals surface area (Å²) in [6.07, 6.45) is 14.3. The monoisotopic (exact) mass is 445 g/mol. The van der Waals surface area contributed by atoms with Crippen LogP contribution in [-0.4, -0.2) is 34.4 Å². The predicted molar refractivity (Wildman–Crippen MR) is 138 cm³/mol. The molecule has 0 saturated heterocycles. The molecule has 1 aliphatic heterocycles. The maximum absolute atomic E-state index is 12.0. The topological polar surface area (TPSA) is 66.6 Å². The molecule has 174 valence electrons. The van der Waals surface area contributed by atoms with E-state index in [4.69, 9.17) is 0 Å². The summed E-state index contributed by atoms with van der Waals surface area (Å²) in [5, 5.41) is 14.5. The number of fused-ring (bicyclic) bond motifs is 1. The van der Waals surface area contributed by atoms with Gasteiger partial charge in [-0.2, -0.15) is 0 Å². The minimum Gasteiger partial charge on any atom is -0.478 e. The van der Waals surface area contributed by atoms with Gasteiger partial charge in [-0.05, 0) is 60.4 Å². The number of carboxylic acids is 1. The van der Waals surface area contributed by atoms with Crippen molar-refractivity contribution in [1.29, 1.82) is 0 Å². The van der Waals surface area contributed by atoms with Crippen molar-refractivity contribution in [2.75, 3.05) is 18.4 Å². The van der Waals surface area contributed by atoms with Crippen LogP contribution < -0.4 is 5.32 Å². The van der Waals surface area contributed by atoms with Crippen LogP contribution in [0.15, 0.2) is 58.8 Å². The van der Waals surface area contributed by atoms with Gasteiger partial charge in [0.05, 0.1) is 16.8 Å². The number of aryl methyl sites for hydroxylation is 1. The van der Waals surface area contributed by atoms with Crippen LogP contribution in [0.5, 0.6) is 0 Å². The summed E-state index contributed by atoms with van der Waals surface area (Å²) >= 11 is 0. The summed E-state index contributed by atoms with van der Waals surface area (Å²) in [6, 6.07) is 6.46. The lowest BCUT2D eigenvalue weighted by atomic mass is 9.95. The molecule has 0 bridgehead atoms. The third-order valence-electron chi connectivity index (χ3n) is 6.17. The SMILES string of the molecule is Cn1ccc2cc(NCCC3=NCC/C=C(C4CC4)\C=C/3C(=O)O)cc(/C=C/C(C)(C)C)c21. The fourth-order valence-corrected chi connectivity index (χ4v) is 4.30. The van der Waals surface area contributed by atoms with Gasteiger partial charge in [0.2, 0.25) is 0 Å². The fraction of sp³-hybridized carbons (Fsp3) is 0.429. The number of anilines is 1. The summed E-state index contributed by atoms with van der Waals surface area (Å²) in [7, 11) is 2.07. The molecule has 5 nitrogen and oxygen atoms in total. The molecular formula is C28H35N3O2. The van der Waals surface area contributed by atoms with Crippen LogP contribution in [0.2, 0.25) is 0 Å². The Hall–Kier alpha value is -3.08. The molecular weight excluding hydrogens is 410 g/mol. The number of aliphatic imine (C=N–C) groups is 1. The molecule has 2 heterocycles. The van der Waals surface area contributed by atoms with E-state index in [-0.39, 0.29) is 5.41 Å². The largest absolute Gasteiger partial charge is 0.478 e. The van der Waals surface area contributed by atoms with E-state index < -0.39 is 5.97 Å². The summed E-state index contributed by atoms with van der Waals surface area (Å²) in [6.45, 7) is 7.86. The molecule has 0 radical (unpaired) electrons. The van der Waals surface area contributed by atoms with Gasteiger partial charge < -0.3 is 15.0 Å². The average molecular weight is 446 g/mol. The van der Waals surface area contributed by atoms with E-state index in [0.717, 1.165) is 24.9 Å². The molecule has 1 saturated carbocycles. The highest BCUT2D eigenvalue weighted by atomic mass is 16.4. The molecule has 4 rings (SSSR count). The zero-order valence-corrected chi connectivity index (χ0v) is 20.2. The normalized spacial score (nSPS) is 20.5. The van der Waals surface area contributed by atoms with Crippen LogP contribution in [-0.2, 0) is 11.8 Å². The van der Waals surface area contributed by atoms with E-state index in [9.17, 15) is 9.90 Å². The molecule has 1 fully saturated rings. The van der Waals surface area contributed by atoms with Gasteiger partial charge in [0.15, 0.2) is 0 Å². The Labute approximate surface area is 196 Å². The van der Waals surface area contributed by atoms with Gasteiger partial charge in [-0.3, -0.25) is 4.99 Å². The zero-order valence-electron chi connectivity index (χ0n) is 20.2. The predicted octanol–water partition coefficient (Wildman–Crippen LogP) is 6.23. The number of allylic oxidation sites excluding steroid dienone is 3. The Morgan fingerprint density at radius 1 is 1.30 bits per heavy atom. The van der Waals surface area contributed by atoms with E-state index in [0.29, 0.717) is 36.7 Å². The Kier molecular flexibility index (Phi) is 6.59. The van der Waals surface area contributed by atoms with E-state index >= 15 is 0 Å². The Morgan fingerprint density at radius 2 is 2.09 bits per heavy atom. The molecule has 1 aromatic carbocycles. The van der Waals surface area contributed by atoms with Gasteiger partial charge in [-0.25, -0.2) is 4.79 Å². The van der Waals surface area contributed by atoms with Crippen LogP contribution >= 0.6 is 0 Å². The fourth-order valence-electron chi connectivity index (χ4n) is 4.30. The molecule has 1 aliphatic carbocycles. The Bertz CT molecular complexity index is 1170. The number of hydrogen-bond donors (Lipinski definition) is 2. The smallest absolute Gasteiger partial charge is 0.337 e. The van der Waals surface area contributed by atoms with Crippen molar-refractivity contribution < 1.29 is 9.90 Å². The minimum atomic E-state index is -0.887. The summed E-state index contributed by atoms with van der Waals surface area (Å²) in [5.41, 5.74) is 5.74. The quantitative estimate of drug-likeness (QED) is 0.531. The number of hydrogen-bond acceptors (Lipinski definition) is 3. The third kappa shape index (κ3) is 5.84. The number of benzene rings is 1. The first-order valence-corrected chi connectivity index (χ1v) is 11.9. The Balaban J connectivity index is 1.52. The maximum Gasteiger partial charge on any atom is 0.337 e. The molecule has 5 heteroatoms. The number of nitrogens with zero attached hydrogens (tertiary/aromatic N) is 2. The van der Waals surface area contributed by atoms with Gasteiger partial charge in [0.25, 0.3) is 0 Å². The zero-order chi connectivity index (χ0) is 23.6. The first-order valence-electron chi connectivity index (χ1n) is 11.9. The lowest BCUT2D eigenvalue weighted by molar-refractivity contribution is -0.132. The van der Waals surface area contributed by atoms with Crippen LogP contribution in [0.25, 0.3) is 17.0 Å². The first-order chi connectivity index (χ1) is 15.7. The second kappa shape index (κ2) is 9.42. The van der Waals surface area contributed by atoms with Crippen molar-refractivity contribution in [2.24, 2.45) is 23.4 Å². The number of carbonyl (C=O) groups is 1. The van der Waals surface area contributed by atoms with Crippen molar-refractivity contribution in [3.8, 4) is 0 Å². The molecule has 0 atom stereocenters. The minimum absolute atomic E-state index is 0.102. The number of nitrogens with one attached hydrogen (secondary N) is 1. The van der Waals surface area contributed by atoms with Gasteiger partial charge in [0.1, 0.15) is 0 Å². The van der Waals surface area contributed by atoms with E-state index in [1.165, 1.54) is 22.0 Å². The first kappa shape index (κ1) is 23.1. The van der Waals surface area contributed by atoms with E-state index in [1.54, 1.807) is 0 Å². The molecule has 2 aromatic rings. The third-order valence-corrected chi connectivity index (χ3v) is 6.17. The number of aromatic nitrogens is 1. The Morgan fingerprint density at radius 3 is 2.79 bits per heavy atom. The molecule has 2 N–H and O–H groups in total. The van der Waals surface area contributed by atoms with Crippen LogP contribution in [0.1, 0.15) is 52.0 Å². The van der Waals surface area contributed by atoms with Crippen LogP contribution in [0.4, 0.5) is 5.69 Å². The van der Waals surface area contributed by atoms with E-state index in [1.807, 2.05) is 6.08 Å². The van der Waals surface area contributed by atoms with Crippen molar-refractivity contribution >= 4 is 34.3 Å². The summed E-state index contributed by atoms with van der Waals surface area (Å²) < 4.78 is 2.15. The summed E-state index contributed by atoms with van der Waals surface area (Å²) in [4.78, 5) is 16.6. The average Bonchev–Trinajstić information content (AvgIpc) is 3.50. The van der Waals surface area contributed by atoms with Gasteiger partial charge >= 0.3 is 5.97 Å². The van der Waals surface area contributed by atoms with Crippen molar-refractivity contribution in [3.63, 3.8) is 0 Å². The molecule has 0 unspecified atom stereocenters. The lowest BCUT2D eigenvalue weighted by Crippen LogP contribution is -2.18. The molecule has 1 aromatic heterocycles. The molecule has 0 spiro atoms. The molecule has 2 aliphatic rings. The van der Waals surface area contributed by atoms with Gasteiger partial charge in [0, 0.05) is 49.4 Å². The van der Waals surface area contributed by atoms with Crippen molar-refractivity contribution in [1.82, 2.24) is 4.57 Å². The maximum atomic E-state index is 12.0. The van der Waals surface area contributed by atoms with Crippen LogP contribution in [0.3, 0.4) is 0 Å². The highest BCUT2D eigenvalue weighted by Gasteiger charge is 2.27. The molecule has 0 amide bonds. The number of carboxylic acid groups (broad SMARTS) is 1.